The van der Waals surface area contributed by atoms with Crippen LogP contribution < -0.4 is 0 Å². The Morgan fingerprint density at radius 1 is 0.870 bits per heavy atom. The van der Waals surface area contributed by atoms with E-state index < -0.39 is 20.0 Å². The number of sulfonamides is 2. The molecule has 8 heteroatoms. The summed E-state index contributed by atoms with van der Waals surface area (Å²) in [6.07, 6.45) is 4.66. The van der Waals surface area contributed by atoms with E-state index in [1.165, 1.54) is 14.9 Å². The fraction of sp³-hybridized carbons (Fsp3) is 0.600. The predicted molar refractivity (Wildman–Crippen MR) is 88.0 cm³/mol. The molecule has 1 saturated heterocycles. The fourth-order valence-corrected chi connectivity index (χ4v) is 5.57. The summed E-state index contributed by atoms with van der Waals surface area (Å²) >= 11 is 0. The van der Waals surface area contributed by atoms with Crippen LogP contribution in [0.4, 0.5) is 0 Å². The van der Waals surface area contributed by atoms with E-state index in [2.05, 4.69) is 0 Å². The molecule has 3 rings (SSSR count). The minimum atomic E-state index is -3.48. The van der Waals surface area contributed by atoms with Crippen molar-refractivity contribution in [2.45, 2.75) is 37.1 Å². The Morgan fingerprint density at radius 3 is 2.22 bits per heavy atom. The summed E-state index contributed by atoms with van der Waals surface area (Å²) in [6.45, 7) is 1.82. The number of hydrogen-bond donors (Lipinski definition) is 0. The first-order valence-electron chi connectivity index (χ1n) is 7.85. The van der Waals surface area contributed by atoms with Crippen molar-refractivity contribution in [1.29, 1.82) is 0 Å². The van der Waals surface area contributed by atoms with Crippen LogP contribution in [0.1, 0.15) is 30.4 Å². The summed E-state index contributed by atoms with van der Waals surface area (Å²) in [7, 11) is -6.75. The van der Waals surface area contributed by atoms with Crippen LogP contribution in [0.25, 0.3) is 0 Å². The van der Waals surface area contributed by atoms with E-state index in [0.717, 1.165) is 30.4 Å². The molecule has 2 aliphatic rings. The van der Waals surface area contributed by atoms with Gasteiger partial charge in [0, 0.05) is 26.2 Å². The van der Waals surface area contributed by atoms with Gasteiger partial charge in [0.15, 0.2) is 0 Å². The quantitative estimate of drug-likeness (QED) is 0.813. The number of fused-ring (bicyclic) bond motifs is 1. The summed E-state index contributed by atoms with van der Waals surface area (Å²) in [5.41, 5.74) is 1.82. The highest BCUT2D eigenvalue weighted by Gasteiger charge is 2.28. The molecule has 0 unspecified atom stereocenters. The highest BCUT2D eigenvalue weighted by atomic mass is 32.2. The van der Waals surface area contributed by atoms with Crippen molar-refractivity contribution >= 4 is 20.0 Å². The Morgan fingerprint density at radius 2 is 1.57 bits per heavy atom. The van der Waals surface area contributed by atoms with Crippen LogP contribution in [0, 0.1) is 0 Å². The number of nitrogens with zero attached hydrogens (tertiary/aromatic N) is 2. The van der Waals surface area contributed by atoms with Gasteiger partial charge in [-0.1, -0.05) is 12.5 Å². The van der Waals surface area contributed by atoms with Crippen LogP contribution in [-0.2, 0) is 33.0 Å². The molecule has 1 fully saturated rings. The van der Waals surface area contributed by atoms with E-state index in [1.54, 1.807) is 12.1 Å². The molecule has 0 atom stereocenters. The molecule has 0 bridgehead atoms. The van der Waals surface area contributed by atoms with Crippen molar-refractivity contribution in [3.8, 4) is 0 Å². The molecule has 1 aromatic rings. The van der Waals surface area contributed by atoms with Gasteiger partial charge in [-0.3, -0.25) is 0 Å². The van der Waals surface area contributed by atoms with Crippen LogP contribution in [0.5, 0.6) is 0 Å². The molecule has 0 aliphatic carbocycles. The molecule has 2 aliphatic heterocycles. The van der Waals surface area contributed by atoms with E-state index in [-0.39, 0.29) is 11.4 Å². The lowest BCUT2D eigenvalue weighted by molar-refractivity contribution is 0.346. The van der Waals surface area contributed by atoms with Gasteiger partial charge in [0.2, 0.25) is 20.0 Å². The fourth-order valence-electron chi connectivity index (χ4n) is 3.21. The average Bonchev–Trinajstić information content (AvgIpc) is 2.53. The Bertz CT molecular complexity index is 797. The van der Waals surface area contributed by atoms with E-state index in [9.17, 15) is 16.8 Å². The Hall–Kier alpha value is -0.960. The first kappa shape index (κ1) is 16.9. The Labute approximate surface area is 138 Å². The van der Waals surface area contributed by atoms with Crippen molar-refractivity contribution < 1.29 is 16.8 Å². The third kappa shape index (κ3) is 3.45. The molecule has 0 radical (unpaired) electrons. The summed E-state index contributed by atoms with van der Waals surface area (Å²) in [6, 6.07) is 5.13. The minimum Gasteiger partial charge on any atom is -0.212 e. The molecule has 0 aromatic heterocycles. The molecule has 0 N–H and O–H groups in total. The second-order valence-electron chi connectivity index (χ2n) is 6.24. The van der Waals surface area contributed by atoms with Gasteiger partial charge in [-0.25, -0.2) is 16.8 Å². The number of piperidine rings is 1. The number of hydrogen-bond acceptors (Lipinski definition) is 4. The second-order valence-corrected chi connectivity index (χ2v) is 10.2. The van der Waals surface area contributed by atoms with E-state index in [4.69, 9.17) is 0 Å². The molecule has 23 heavy (non-hydrogen) atoms. The van der Waals surface area contributed by atoms with Crippen LogP contribution in [0.3, 0.4) is 0 Å². The van der Waals surface area contributed by atoms with Crippen molar-refractivity contribution in [2.24, 2.45) is 0 Å². The summed E-state index contributed by atoms with van der Waals surface area (Å²) < 4.78 is 51.9. The molecule has 0 amide bonds. The monoisotopic (exact) mass is 358 g/mol. The topological polar surface area (TPSA) is 74.8 Å². The molecule has 0 saturated carbocycles. The summed E-state index contributed by atoms with van der Waals surface area (Å²) in [5, 5.41) is 0. The third-order valence-electron chi connectivity index (χ3n) is 4.58. The molecule has 128 valence electrons. The third-order valence-corrected chi connectivity index (χ3v) is 7.72. The smallest absolute Gasteiger partial charge is 0.212 e. The largest absolute Gasteiger partial charge is 0.243 e. The maximum Gasteiger partial charge on any atom is 0.243 e. The minimum absolute atomic E-state index is 0.248. The van der Waals surface area contributed by atoms with Crippen molar-refractivity contribution in [1.82, 2.24) is 8.61 Å². The lowest BCUT2D eigenvalue weighted by Crippen LogP contribution is -2.37. The Balaban J connectivity index is 1.91. The van der Waals surface area contributed by atoms with Gasteiger partial charge in [0.1, 0.15) is 0 Å². The maximum absolute atomic E-state index is 12.7. The standard InChI is InChI=1S/C15H22N2O4S2/c1-22(18,19)17-10-7-13-5-6-15(11-14(13)12-17)23(20,21)16-8-3-2-4-9-16/h5-6,11H,2-4,7-10,12H2,1H3. The van der Waals surface area contributed by atoms with E-state index in [0.29, 0.717) is 26.1 Å². The first-order chi connectivity index (χ1) is 10.8. The zero-order valence-corrected chi connectivity index (χ0v) is 14.9. The lowest BCUT2D eigenvalue weighted by atomic mass is 10.0. The van der Waals surface area contributed by atoms with E-state index in [1.807, 2.05) is 6.07 Å². The van der Waals surface area contributed by atoms with Crippen LogP contribution in [0.15, 0.2) is 23.1 Å². The molecule has 6 nitrogen and oxygen atoms in total. The zero-order chi connectivity index (χ0) is 16.7. The number of benzene rings is 1. The molecule has 0 spiro atoms. The molecule has 1 aromatic carbocycles. The van der Waals surface area contributed by atoms with Crippen molar-refractivity contribution in [3.05, 3.63) is 29.3 Å². The molecule has 2 heterocycles. The zero-order valence-electron chi connectivity index (χ0n) is 13.2. The van der Waals surface area contributed by atoms with Gasteiger partial charge in [-0.2, -0.15) is 8.61 Å². The van der Waals surface area contributed by atoms with Gasteiger partial charge >= 0.3 is 0 Å². The van der Waals surface area contributed by atoms with E-state index >= 15 is 0 Å². The lowest BCUT2D eigenvalue weighted by Gasteiger charge is -2.29. The highest BCUT2D eigenvalue weighted by molar-refractivity contribution is 7.89. The summed E-state index contributed by atoms with van der Waals surface area (Å²) in [4.78, 5) is 0.272. The van der Waals surface area contributed by atoms with Crippen molar-refractivity contribution in [2.75, 3.05) is 25.9 Å². The molecular formula is C15H22N2O4S2. The van der Waals surface area contributed by atoms with Gasteiger partial charge in [-0.05, 0) is 42.5 Å². The normalized spacial score (nSPS) is 21.1. The van der Waals surface area contributed by atoms with Gasteiger partial charge in [0.25, 0.3) is 0 Å². The second kappa shape index (κ2) is 6.16. The van der Waals surface area contributed by atoms with Gasteiger partial charge < -0.3 is 0 Å². The highest BCUT2D eigenvalue weighted by Crippen LogP contribution is 2.26. The first-order valence-corrected chi connectivity index (χ1v) is 11.1. The average molecular weight is 358 g/mol. The number of rotatable bonds is 3. The van der Waals surface area contributed by atoms with Gasteiger partial charge in [-0.15, -0.1) is 0 Å². The Kier molecular flexibility index (Phi) is 4.52. The van der Waals surface area contributed by atoms with Crippen LogP contribution in [0.2, 0.25) is 0 Å². The van der Waals surface area contributed by atoms with Gasteiger partial charge in [0.05, 0.1) is 11.2 Å². The van der Waals surface area contributed by atoms with Crippen LogP contribution in [-0.4, -0.2) is 51.3 Å². The van der Waals surface area contributed by atoms with Crippen LogP contribution >= 0.6 is 0 Å². The molecular weight excluding hydrogens is 336 g/mol. The maximum atomic E-state index is 12.7. The summed E-state index contributed by atoms with van der Waals surface area (Å²) in [5.74, 6) is 0. The SMILES string of the molecule is CS(=O)(=O)N1CCc2ccc(S(=O)(=O)N3CCCCC3)cc2C1. The predicted octanol–water partition coefficient (Wildman–Crippen LogP) is 1.18. The van der Waals surface area contributed by atoms with Crippen molar-refractivity contribution in [3.63, 3.8) is 0 Å².